The Hall–Kier alpha value is -3.76. The van der Waals surface area contributed by atoms with Crippen LogP contribution in [0, 0.1) is 0 Å². The smallest absolute Gasteiger partial charge is 0.323 e. The average molecular weight is 607 g/mol. The molecular formula is C34H46N4O6. The molecule has 4 rings (SSSR count). The van der Waals surface area contributed by atoms with Gasteiger partial charge in [0.15, 0.2) is 11.6 Å². The summed E-state index contributed by atoms with van der Waals surface area (Å²) in [7, 11) is 0. The van der Waals surface area contributed by atoms with Gasteiger partial charge in [-0.3, -0.25) is 29.0 Å². The highest BCUT2D eigenvalue weighted by atomic mass is 16.5. The topological polar surface area (TPSA) is 99.7 Å². The quantitative estimate of drug-likeness (QED) is 0.191. The zero-order valence-corrected chi connectivity index (χ0v) is 26.5. The molecule has 0 radical (unpaired) electrons. The molecule has 2 aliphatic heterocycles. The minimum atomic E-state index is -0.323. The van der Waals surface area contributed by atoms with Crippen molar-refractivity contribution in [2.24, 2.45) is 0 Å². The van der Waals surface area contributed by atoms with Gasteiger partial charge in [0.1, 0.15) is 12.1 Å². The molecule has 2 heterocycles. The molecule has 2 atom stereocenters. The number of hydrogen-bond acceptors (Lipinski definition) is 10. The largest absolute Gasteiger partial charge is 0.465 e. The molecule has 2 fully saturated rings. The predicted octanol–water partition coefficient (Wildman–Crippen LogP) is 3.68. The third-order valence-corrected chi connectivity index (χ3v) is 8.71. The third kappa shape index (κ3) is 8.89. The second-order valence-corrected chi connectivity index (χ2v) is 11.6. The Balaban J connectivity index is 1.07. The van der Waals surface area contributed by atoms with Gasteiger partial charge in [-0.05, 0) is 89.1 Å². The maximum Gasteiger partial charge on any atom is 0.323 e. The summed E-state index contributed by atoms with van der Waals surface area (Å²) in [5, 5.41) is 0. The van der Waals surface area contributed by atoms with E-state index >= 15 is 0 Å². The second-order valence-electron chi connectivity index (χ2n) is 11.6. The Bertz CT molecular complexity index is 1170. The maximum atomic E-state index is 12.6. The van der Waals surface area contributed by atoms with Gasteiger partial charge in [0, 0.05) is 74.9 Å². The summed E-state index contributed by atoms with van der Waals surface area (Å²) in [4.78, 5) is 57.1. The molecule has 2 unspecified atom stereocenters. The Kier molecular flexibility index (Phi) is 11.9. The summed E-state index contributed by atoms with van der Waals surface area (Å²) >= 11 is 0. The number of carbonyl (C=O) groups excluding carboxylic acids is 4. The highest BCUT2D eigenvalue weighted by Crippen LogP contribution is 2.20. The molecule has 0 aliphatic carbocycles. The van der Waals surface area contributed by atoms with E-state index in [9.17, 15) is 19.2 Å². The van der Waals surface area contributed by atoms with Crippen LogP contribution >= 0.6 is 0 Å². The molecule has 0 aromatic heterocycles. The molecule has 238 valence electrons. The van der Waals surface area contributed by atoms with Crippen molar-refractivity contribution >= 4 is 34.9 Å². The highest BCUT2D eigenvalue weighted by molar-refractivity contribution is 5.94. The van der Waals surface area contributed by atoms with Crippen molar-refractivity contribution in [3.05, 3.63) is 59.7 Å². The Morgan fingerprint density at radius 3 is 1.18 bits per heavy atom. The van der Waals surface area contributed by atoms with Gasteiger partial charge >= 0.3 is 11.9 Å². The van der Waals surface area contributed by atoms with Crippen molar-refractivity contribution in [3.8, 4) is 0 Å². The molecule has 0 amide bonds. The highest BCUT2D eigenvalue weighted by Gasteiger charge is 2.28. The standard InChI is InChI=1S/C34H46N4O6/c1-25(35-15-19-37(20-16-35)31-11-7-29(8-12-31)27(3)39)33(41)43-23-5-6-24-44-34(42)26(2)36-17-21-38(22-18-36)32-13-9-30(10-14-32)28(4)40/h7-14,25-26H,5-6,15-24H2,1-4H3. The van der Waals surface area contributed by atoms with E-state index in [0.29, 0.717) is 37.2 Å². The number of Topliss-reactive ketones (excluding diaryl/α,β-unsaturated/α-hetero) is 2. The summed E-state index contributed by atoms with van der Waals surface area (Å²) in [5.41, 5.74) is 3.57. The molecule has 44 heavy (non-hydrogen) atoms. The maximum absolute atomic E-state index is 12.6. The van der Waals surface area contributed by atoms with Crippen LogP contribution in [-0.2, 0) is 19.1 Å². The van der Waals surface area contributed by atoms with Gasteiger partial charge in [0.2, 0.25) is 0 Å². The third-order valence-electron chi connectivity index (χ3n) is 8.71. The average Bonchev–Trinajstić information content (AvgIpc) is 3.05. The Morgan fingerprint density at radius 1 is 0.568 bits per heavy atom. The number of ether oxygens (including phenoxy) is 2. The number of anilines is 2. The van der Waals surface area contributed by atoms with Crippen LogP contribution in [0.2, 0.25) is 0 Å². The van der Waals surface area contributed by atoms with Crippen molar-refractivity contribution < 1.29 is 28.7 Å². The molecule has 2 aromatic carbocycles. The fraction of sp³-hybridized carbons (Fsp3) is 0.529. The number of piperazine rings is 2. The molecule has 0 spiro atoms. The number of unbranched alkanes of at least 4 members (excludes halogenated alkanes) is 1. The number of carbonyl (C=O) groups is 4. The van der Waals surface area contributed by atoms with Crippen molar-refractivity contribution in [3.63, 3.8) is 0 Å². The van der Waals surface area contributed by atoms with E-state index in [2.05, 4.69) is 19.6 Å². The van der Waals surface area contributed by atoms with Crippen molar-refractivity contribution in [1.29, 1.82) is 0 Å². The first kappa shape index (κ1) is 33.1. The molecule has 2 aliphatic rings. The van der Waals surface area contributed by atoms with Gasteiger partial charge in [-0.25, -0.2) is 0 Å². The van der Waals surface area contributed by atoms with E-state index in [-0.39, 0.29) is 35.6 Å². The number of benzene rings is 2. The summed E-state index contributed by atoms with van der Waals surface area (Å²) in [6.45, 7) is 13.7. The number of rotatable bonds is 13. The Labute approximate surface area is 260 Å². The number of nitrogens with zero attached hydrogens (tertiary/aromatic N) is 4. The van der Waals surface area contributed by atoms with E-state index in [1.54, 1.807) is 13.8 Å². The van der Waals surface area contributed by atoms with Crippen LogP contribution in [-0.4, -0.2) is 111 Å². The SMILES string of the molecule is CC(=O)c1ccc(N2CCN(C(C)C(=O)OCCCCOC(=O)C(C)N3CCN(c4ccc(C(C)=O)cc4)CC3)CC2)cc1. The van der Waals surface area contributed by atoms with Gasteiger partial charge in [-0.1, -0.05) is 0 Å². The second kappa shape index (κ2) is 15.8. The summed E-state index contributed by atoms with van der Waals surface area (Å²) in [6, 6.07) is 14.7. The molecule has 0 bridgehead atoms. The lowest BCUT2D eigenvalue weighted by Gasteiger charge is -2.38. The molecule has 0 saturated carbocycles. The zero-order valence-electron chi connectivity index (χ0n) is 26.5. The lowest BCUT2D eigenvalue weighted by atomic mass is 10.1. The van der Waals surface area contributed by atoms with Crippen LogP contribution in [0.4, 0.5) is 11.4 Å². The lowest BCUT2D eigenvalue weighted by Crippen LogP contribution is -2.52. The molecule has 10 nitrogen and oxygen atoms in total. The van der Waals surface area contributed by atoms with Crippen LogP contribution < -0.4 is 9.80 Å². The van der Waals surface area contributed by atoms with Gasteiger partial charge in [0.05, 0.1) is 13.2 Å². The Morgan fingerprint density at radius 2 is 0.886 bits per heavy atom. The van der Waals surface area contributed by atoms with Crippen molar-refractivity contribution in [1.82, 2.24) is 9.80 Å². The van der Waals surface area contributed by atoms with Crippen molar-refractivity contribution in [2.75, 3.05) is 75.4 Å². The zero-order chi connectivity index (χ0) is 31.6. The molecule has 2 saturated heterocycles. The molecule has 0 N–H and O–H groups in total. The fourth-order valence-corrected chi connectivity index (χ4v) is 5.64. The normalized spacial score (nSPS) is 17.5. The van der Waals surface area contributed by atoms with Crippen LogP contribution in [0.15, 0.2) is 48.5 Å². The predicted molar refractivity (Wildman–Crippen MR) is 171 cm³/mol. The monoisotopic (exact) mass is 606 g/mol. The number of hydrogen-bond donors (Lipinski definition) is 0. The molecular weight excluding hydrogens is 560 g/mol. The summed E-state index contributed by atoms with van der Waals surface area (Å²) in [6.07, 6.45) is 1.26. The minimum Gasteiger partial charge on any atom is -0.465 e. The van der Waals surface area contributed by atoms with Crippen LogP contribution in [0.25, 0.3) is 0 Å². The van der Waals surface area contributed by atoms with Crippen LogP contribution in [0.3, 0.4) is 0 Å². The van der Waals surface area contributed by atoms with E-state index < -0.39 is 0 Å². The van der Waals surface area contributed by atoms with Crippen LogP contribution in [0.5, 0.6) is 0 Å². The van der Waals surface area contributed by atoms with E-state index in [0.717, 1.165) is 63.7 Å². The summed E-state index contributed by atoms with van der Waals surface area (Å²) in [5.74, 6) is -0.351. The van der Waals surface area contributed by atoms with E-state index in [1.165, 1.54) is 0 Å². The van der Waals surface area contributed by atoms with Gasteiger partial charge in [-0.2, -0.15) is 0 Å². The van der Waals surface area contributed by atoms with Gasteiger partial charge in [-0.15, -0.1) is 0 Å². The fourth-order valence-electron chi connectivity index (χ4n) is 5.64. The van der Waals surface area contributed by atoms with E-state index in [4.69, 9.17) is 9.47 Å². The minimum absolute atomic E-state index is 0.0571. The molecule has 10 heteroatoms. The first-order valence-corrected chi connectivity index (χ1v) is 15.7. The van der Waals surface area contributed by atoms with Gasteiger partial charge in [0.25, 0.3) is 0 Å². The summed E-state index contributed by atoms with van der Waals surface area (Å²) < 4.78 is 11.0. The number of ketones is 2. The van der Waals surface area contributed by atoms with E-state index in [1.807, 2.05) is 62.4 Å². The first-order valence-electron chi connectivity index (χ1n) is 15.7. The lowest BCUT2D eigenvalue weighted by molar-refractivity contribution is -0.152. The van der Waals surface area contributed by atoms with Crippen molar-refractivity contribution in [2.45, 2.75) is 52.6 Å². The molecule has 2 aromatic rings. The first-order chi connectivity index (χ1) is 21.1. The number of esters is 2. The van der Waals surface area contributed by atoms with Gasteiger partial charge < -0.3 is 19.3 Å². The van der Waals surface area contributed by atoms with Crippen LogP contribution in [0.1, 0.15) is 61.3 Å².